The average molecular weight is 446 g/mol. The molecule has 3 aromatic rings. The fourth-order valence-electron chi connectivity index (χ4n) is 4.15. The highest BCUT2D eigenvalue weighted by Crippen LogP contribution is 2.21. The van der Waals surface area contributed by atoms with E-state index in [1.54, 1.807) is 0 Å². The normalized spacial score (nSPS) is 14.2. The molecule has 1 aromatic heterocycles. The molecule has 174 valence electrons. The van der Waals surface area contributed by atoms with Gasteiger partial charge in [-0.05, 0) is 37.6 Å². The Morgan fingerprint density at radius 3 is 2.52 bits per heavy atom. The van der Waals surface area contributed by atoms with Crippen LogP contribution in [0.1, 0.15) is 36.8 Å². The number of likely N-dealkylation sites (N-methyl/N-ethyl adjacent to an activating group) is 1. The minimum atomic E-state index is 0.577. The van der Waals surface area contributed by atoms with Gasteiger partial charge in [0, 0.05) is 44.5 Å². The average Bonchev–Trinajstić information content (AvgIpc) is 3.14. The van der Waals surface area contributed by atoms with Crippen LogP contribution >= 0.6 is 0 Å². The molecule has 0 saturated carbocycles. The zero-order valence-electron chi connectivity index (χ0n) is 19.6. The molecule has 6 heteroatoms. The van der Waals surface area contributed by atoms with Gasteiger partial charge in [0.1, 0.15) is 18.2 Å². The zero-order chi connectivity index (χ0) is 22.7. The van der Waals surface area contributed by atoms with Gasteiger partial charge >= 0.3 is 0 Å². The quantitative estimate of drug-likeness (QED) is 0.475. The van der Waals surface area contributed by atoms with Gasteiger partial charge in [-0.2, -0.15) is 4.98 Å². The van der Waals surface area contributed by atoms with E-state index in [2.05, 4.69) is 51.4 Å². The van der Waals surface area contributed by atoms with Crippen LogP contribution in [0, 0.1) is 0 Å². The van der Waals surface area contributed by atoms with Crippen molar-refractivity contribution in [2.75, 3.05) is 43.4 Å². The molecule has 0 aliphatic carbocycles. The summed E-state index contributed by atoms with van der Waals surface area (Å²) in [5.74, 6) is 2.68. The second kappa shape index (κ2) is 12.2. The third kappa shape index (κ3) is 7.19. The van der Waals surface area contributed by atoms with Crippen molar-refractivity contribution in [3.63, 3.8) is 0 Å². The molecule has 1 aliphatic heterocycles. The molecule has 33 heavy (non-hydrogen) atoms. The molecule has 0 spiro atoms. The molecule has 0 amide bonds. The summed E-state index contributed by atoms with van der Waals surface area (Å²) in [7, 11) is 2.13. The third-order valence-corrected chi connectivity index (χ3v) is 6.00. The Kier molecular flexibility index (Phi) is 8.53. The summed E-state index contributed by atoms with van der Waals surface area (Å²) in [5, 5.41) is 3.40. The van der Waals surface area contributed by atoms with E-state index < -0.39 is 0 Å². The number of aromatic nitrogens is 2. The number of hydrogen-bond acceptors (Lipinski definition) is 6. The largest absolute Gasteiger partial charge is 0.489 e. The van der Waals surface area contributed by atoms with E-state index >= 15 is 0 Å². The van der Waals surface area contributed by atoms with E-state index in [1.807, 2.05) is 42.6 Å². The molecule has 1 N–H and O–H groups in total. The van der Waals surface area contributed by atoms with Gasteiger partial charge in [-0.1, -0.05) is 61.4 Å². The number of nitrogens with zero attached hydrogens (tertiary/aromatic N) is 4. The smallest absolute Gasteiger partial charge is 0.224 e. The number of hydrogen-bond donors (Lipinski definition) is 1. The van der Waals surface area contributed by atoms with Crippen LogP contribution in [0.3, 0.4) is 0 Å². The molecule has 6 nitrogen and oxygen atoms in total. The van der Waals surface area contributed by atoms with Crippen molar-refractivity contribution in [1.82, 2.24) is 14.9 Å². The van der Waals surface area contributed by atoms with Crippen molar-refractivity contribution < 1.29 is 4.74 Å². The Hall–Kier alpha value is -3.12. The predicted molar refractivity (Wildman–Crippen MR) is 135 cm³/mol. The van der Waals surface area contributed by atoms with Gasteiger partial charge in [-0.15, -0.1) is 0 Å². The Labute approximate surface area is 197 Å². The molecule has 4 rings (SSSR count). The van der Waals surface area contributed by atoms with Crippen molar-refractivity contribution in [2.45, 2.75) is 38.8 Å². The van der Waals surface area contributed by atoms with Gasteiger partial charge in [0.25, 0.3) is 0 Å². The minimum absolute atomic E-state index is 0.577. The summed E-state index contributed by atoms with van der Waals surface area (Å²) < 4.78 is 6.11. The number of rotatable bonds is 10. The Morgan fingerprint density at radius 1 is 0.939 bits per heavy atom. The van der Waals surface area contributed by atoms with Crippen LogP contribution in [-0.4, -0.2) is 48.1 Å². The fourth-order valence-corrected chi connectivity index (χ4v) is 4.15. The first-order chi connectivity index (χ1) is 16.3. The van der Waals surface area contributed by atoms with Gasteiger partial charge < -0.3 is 19.9 Å². The van der Waals surface area contributed by atoms with E-state index in [0.717, 1.165) is 44.3 Å². The van der Waals surface area contributed by atoms with Crippen LogP contribution in [0.4, 0.5) is 11.8 Å². The van der Waals surface area contributed by atoms with E-state index in [0.29, 0.717) is 12.6 Å². The monoisotopic (exact) mass is 445 g/mol. The van der Waals surface area contributed by atoms with Gasteiger partial charge in [0.05, 0.1) is 0 Å². The SMILES string of the molecule is CN(CCNc1nccc(N2CCCCCC2)n1)Cc1ccccc1OCc1ccccc1. The molecule has 0 bridgehead atoms. The topological polar surface area (TPSA) is 53.5 Å². The second-order valence-electron chi connectivity index (χ2n) is 8.69. The molecule has 2 heterocycles. The Balaban J connectivity index is 1.26. The van der Waals surface area contributed by atoms with Gasteiger partial charge in [0.2, 0.25) is 5.95 Å². The zero-order valence-corrected chi connectivity index (χ0v) is 19.6. The molecule has 0 unspecified atom stereocenters. The van der Waals surface area contributed by atoms with Gasteiger partial charge in [-0.25, -0.2) is 4.98 Å². The van der Waals surface area contributed by atoms with Crippen molar-refractivity contribution in [2.24, 2.45) is 0 Å². The van der Waals surface area contributed by atoms with E-state index in [9.17, 15) is 0 Å². The molecule has 2 aromatic carbocycles. The van der Waals surface area contributed by atoms with Crippen LogP contribution in [0.5, 0.6) is 5.75 Å². The molecule has 1 aliphatic rings. The Morgan fingerprint density at radius 2 is 1.70 bits per heavy atom. The summed E-state index contributed by atoms with van der Waals surface area (Å²) in [4.78, 5) is 13.8. The maximum Gasteiger partial charge on any atom is 0.224 e. The summed E-state index contributed by atoms with van der Waals surface area (Å²) in [6, 6.07) is 20.6. The molecule has 0 radical (unpaired) electrons. The van der Waals surface area contributed by atoms with Crippen LogP contribution in [-0.2, 0) is 13.2 Å². The van der Waals surface area contributed by atoms with Crippen molar-refractivity contribution >= 4 is 11.8 Å². The van der Waals surface area contributed by atoms with Gasteiger partial charge in [0.15, 0.2) is 0 Å². The van der Waals surface area contributed by atoms with Crippen LogP contribution in [0.15, 0.2) is 66.9 Å². The lowest BCUT2D eigenvalue weighted by atomic mass is 10.2. The number of nitrogens with one attached hydrogen (secondary N) is 1. The first-order valence-electron chi connectivity index (χ1n) is 12.0. The molecular formula is C27H35N5O. The minimum Gasteiger partial charge on any atom is -0.489 e. The van der Waals surface area contributed by atoms with Crippen LogP contribution in [0.25, 0.3) is 0 Å². The summed E-state index contributed by atoms with van der Waals surface area (Å²) in [6.07, 6.45) is 6.99. The maximum atomic E-state index is 6.11. The predicted octanol–water partition coefficient (Wildman–Crippen LogP) is 4.98. The second-order valence-corrected chi connectivity index (χ2v) is 8.69. The number of ether oxygens (including phenoxy) is 1. The third-order valence-electron chi connectivity index (χ3n) is 6.00. The number of benzene rings is 2. The highest BCUT2D eigenvalue weighted by molar-refractivity contribution is 5.42. The first kappa shape index (κ1) is 23.1. The summed E-state index contributed by atoms with van der Waals surface area (Å²) >= 11 is 0. The standard InChI is InChI=1S/C27H35N5O/c1-31(21-24-13-7-8-14-25(24)33-22-23-11-5-4-6-12-23)20-17-29-27-28-16-15-26(30-27)32-18-9-2-3-10-19-32/h4-8,11-16H,2-3,9-10,17-22H2,1H3,(H,28,29,30). The van der Waals surface area contributed by atoms with Crippen LogP contribution in [0.2, 0.25) is 0 Å². The highest BCUT2D eigenvalue weighted by atomic mass is 16.5. The van der Waals surface area contributed by atoms with E-state index in [1.165, 1.54) is 36.8 Å². The molecular weight excluding hydrogens is 410 g/mol. The summed E-state index contributed by atoms with van der Waals surface area (Å²) in [5.41, 5.74) is 2.36. The van der Waals surface area contributed by atoms with E-state index in [4.69, 9.17) is 9.72 Å². The van der Waals surface area contributed by atoms with Crippen molar-refractivity contribution in [3.8, 4) is 5.75 Å². The molecule has 1 saturated heterocycles. The lowest BCUT2D eigenvalue weighted by molar-refractivity contribution is 0.288. The van der Waals surface area contributed by atoms with Gasteiger partial charge in [-0.3, -0.25) is 0 Å². The van der Waals surface area contributed by atoms with Crippen molar-refractivity contribution in [3.05, 3.63) is 78.0 Å². The summed E-state index contributed by atoms with van der Waals surface area (Å²) in [6.45, 7) is 5.24. The van der Waals surface area contributed by atoms with E-state index in [-0.39, 0.29) is 0 Å². The number of anilines is 2. The lowest BCUT2D eigenvalue weighted by Gasteiger charge is -2.22. The molecule has 0 atom stereocenters. The maximum absolute atomic E-state index is 6.11. The Bertz CT molecular complexity index is 973. The van der Waals surface area contributed by atoms with Crippen LogP contribution < -0.4 is 15.0 Å². The molecule has 1 fully saturated rings. The number of para-hydroxylation sites is 1. The fraction of sp³-hybridized carbons (Fsp3) is 0.407. The van der Waals surface area contributed by atoms with Crippen molar-refractivity contribution in [1.29, 1.82) is 0 Å². The highest BCUT2D eigenvalue weighted by Gasteiger charge is 2.12. The lowest BCUT2D eigenvalue weighted by Crippen LogP contribution is -2.27. The first-order valence-corrected chi connectivity index (χ1v) is 12.0.